The van der Waals surface area contributed by atoms with Gasteiger partial charge < -0.3 is 10.2 Å². The van der Waals surface area contributed by atoms with Gasteiger partial charge in [-0.25, -0.2) is 27.5 Å². The summed E-state index contributed by atoms with van der Waals surface area (Å²) in [5.74, 6) is 0.712. The van der Waals surface area contributed by atoms with E-state index in [1.165, 1.54) is 18.2 Å². The van der Waals surface area contributed by atoms with Crippen LogP contribution in [0, 0.1) is 11.3 Å². The van der Waals surface area contributed by atoms with Crippen molar-refractivity contribution in [1.82, 2.24) is 19.2 Å². The molecule has 2 aliphatic heterocycles. The zero-order chi connectivity index (χ0) is 21.1. The van der Waals surface area contributed by atoms with Crippen LogP contribution in [0.3, 0.4) is 0 Å². The first-order valence-corrected chi connectivity index (χ1v) is 11.1. The van der Waals surface area contributed by atoms with Gasteiger partial charge in [-0.2, -0.15) is 5.26 Å². The summed E-state index contributed by atoms with van der Waals surface area (Å²) in [4.78, 5) is 25.2. The quantitative estimate of drug-likeness (QED) is 0.753. The van der Waals surface area contributed by atoms with Crippen molar-refractivity contribution in [3.8, 4) is 6.07 Å². The third kappa shape index (κ3) is 3.92. The maximum Gasteiger partial charge on any atom is 0.335 e. The van der Waals surface area contributed by atoms with Gasteiger partial charge in [-0.05, 0) is 30.7 Å². The lowest BCUT2D eigenvalue weighted by atomic mass is 10.2. The Hall–Kier alpha value is -3.23. The molecule has 1 saturated heterocycles. The Kier molecular flexibility index (Phi) is 5.52. The molecular weight excluding hydrogens is 406 g/mol. The van der Waals surface area contributed by atoms with Gasteiger partial charge in [0.15, 0.2) is 0 Å². The zero-order valence-electron chi connectivity index (χ0n) is 16.2. The predicted octanol–water partition coefficient (Wildman–Crippen LogP) is 1.10. The van der Waals surface area contributed by atoms with E-state index in [9.17, 15) is 13.2 Å². The molecule has 0 aliphatic carbocycles. The molecule has 0 bridgehead atoms. The Labute approximate surface area is 174 Å². The minimum Gasteiger partial charge on any atom is -0.338 e. The Balaban J connectivity index is 1.34. The molecule has 0 atom stereocenters. The van der Waals surface area contributed by atoms with E-state index in [-0.39, 0.29) is 22.7 Å². The largest absolute Gasteiger partial charge is 0.338 e. The monoisotopic (exact) mass is 427 g/mol. The second-order valence-electron chi connectivity index (χ2n) is 7.06. The smallest absolute Gasteiger partial charge is 0.335 e. The van der Waals surface area contributed by atoms with E-state index >= 15 is 0 Å². The van der Waals surface area contributed by atoms with Gasteiger partial charge in [0.2, 0.25) is 5.95 Å². The summed E-state index contributed by atoms with van der Waals surface area (Å²) in [6.45, 7) is 3.95. The number of nitriles is 1. The van der Waals surface area contributed by atoms with E-state index in [1.54, 1.807) is 18.5 Å². The van der Waals surface area contributed by atoms with E-state index in [2.05, 4.69) is 25.1 Å². The molecule has 0 unspecified atom stereocenters. The number of hydrogen-bond donors (Lipinski definition) is 1. The zero-order valence-corrected chi connectivity index (χ0v) is 17.0. The maximum absolute atomic E-state index is 12.9. The predicted molar refractivity (Wildman–Crippen MR) is 109 cm³/mol. The SMILES string of the molecule is N#Cc1ccc2c(c1)S(=O)(=O)N(CCCN1CCN(c3ncccn3)CC1)C(=O)N2. The molecule has 1 aromatic heterocycles. The molecule has 2 amide bonds. The Morgan fingerprint density at radius 2 is 1.83 bits per heavy atom. The van der Waals surface area contributed by atoms with Crippen LogP contribution < -0.4 is 10.2 Å². The molecule has 30 heavy (non-hydrogen) atoms. The Morgan fingerprint density at radius 3 is 2.53 bits per heavy atom. The second-order valence-corrected chi connectivity index (χ2v) is 8.89. The number of nitrogens with one attached hydrogen (secondary N) is 1. The molecule has 0 saturated carbocycles. The molecule has 4 rings (SSSR count). The number of sulfonamides is 1. The summed E-state index contributed by atoms with van der Waals surface area (Å²) in [5.41, 5.74) is 0.434. The minimum atomic E-state index is -3.99. The Morgan fingerprint density at radius 1 is 1.10 bits per heavy atom. The van der Waals surface area contributed by atoms with Crippen LogP contribution >= 0.6 is 0 Å². The number of piperazine rings is 1. The topological polar surface area (TPSA) is 123 Å². The number of anilines is 2. The van der Waals surface area contributed by atoms with E-state index < -0.39 is 16.1 Å². The number of hydrogen-bond acceptors (Lipinski definition) is 8. The number of nitrogens with zero attached hydrogens (tertiary/aromatic N) is 6. The molecule has 0 radical (unpaired) electrons. The van der Waals surface area contributed by atoms with Crippen LogP contribution in [0.5, 0.6) is 0 Å². The first kappa shape index (κ1) is 20.1. The molecule has 1 N–H and O–H groups in total. The summed E-state index contributed by atoms with van der Waals surface area (Å²) in [7, 11) is -3.99. The number of benzene rings is 1. The van der Waals surface area contributed by atoms with Crippen molar-refractivity contribution >= 4 is 27.7 Å². The molecule has 3 heterocycles. The van der Waals surface area contributed by atoms with Gasteiger partial charge in [0, 0.05) is 51.7 Å². The Bertz CT molecular complexity index is 1080. The third-order valence-electron chi connectivity index (χ3n) is 5.19. The van der Waals surface area contributed by atoms with Crippen molar-refractivity contribution in [3.63, 3.8) is 0 Å². The molecular formula is C19H21N7O3S. The van der Waals surface area contributed by atoms with Crippen LogP contribution in [0.2, 0.25) is 0 Å². The van der Waals surface area contributed by atoms with E-state index in [0.29, 0.717) is 18.9 Å². The standard InChI is InChI=1S/C19H21N7O3S/c20-14-15-3-4-16-17(13-15)30(28,29)26(19(27)23-16)8-2-7-24-9-11-25(12-10-24)18-21-5-1-6-22-18/h1,3-6,13H,2,7-12H2,(H,23,27). The fourth-order valence-electron chi connectivity index (χ4n) is 3.60. The van der Waals surface area contributed by atoms with Crippen molar-refractivity contribution in [2.75, 3.05) is 49.5 Å². The van der Waals surface area contributed by atoms with Crippen LogP contribution in [0.4, 0.5) is 16.4 Å². The number of carbonyl (C=O) groups excluding carboxylic acids is 1. The van der Waals surface area contributed by atoms with Crippen LogP contribution in [-0.2, 0) is 10.0 Å². The lowest BCUT2D eigenvalue weighted by Crippen LogP contribution is -2.48. The van der Waals surface area contributed by atoms with Gasteiger partial charge in [0.25, 0.3) is 10.0 Å². The number of carbonyl (C=O) groups is 1. The van der Waals surface area contributed by atoms with Crippen LogP contribution in [0.1, 0.15) is 12.0 Å². The molecule has 0 spiro atoms. The third-order valence-corrected chi connectivity index (χ3v) is 7.01. The highest BCUT2D eigenvalue weighted by atomic mass is 32.2. The number of urea groups is 1. The number of fused-ring (bicyclic) bond motifs is 1. The van der Waals surface area contributed by atoms with Gasteiger partial charge in [0.05, 0.1) is 17.3 Å². The molecule has 2 aliphatic rings. The first-order valence-electron chi connectivity index (χ1n) is 9.61. The number of aromatic nitrogens is 2. The molecule has 11 heteroatoms. The summed E-state index contributed by atoms with van der Waals surface area (Å²) in [6, 6.07) is 7.25. The minimum absolute atomic E-state index is 0.0439. The maximum atomic E-state index is 12.9. The van der Waals surface area contributed by atoms with E-state index in [0.717, 1.165) is 30.5 Å². The highest BCUT2D eigenvalue weighted by Crippen LogP contribution is 2.30. The highest BCUT2D eigenvalue weighted by Gasteiger charge is 2.36. The average molecular weight is 427 g/mol. The van der Waals surface area contributed by atoms with Gasteiger partial charge in [0.1, 0.15) is 4.90 Å². The van der Waals surface area contributed by atoms with Crippen molar-refractivity contribution in [1.29, 1.82) is 5.26 Å². The van der Waals surface area contributed by atoms with Gasteiger partial charge in [-0.15, -0.1) is 0 Å². The lowest BCUT2D eigenvalue weighted by molar-refractivity contribution is 0.225. The van der Waals surface area contributed by atoms with Crippen molar-refractivity contribution in [2.24, 2.45) is 0 Å². The van der Waals surface area contributed by atoms with Gasteiger partial charge >= 0.3 is 6.03 Å². The lowest BCUT2D eigenvalue weighted by Gasteiger charge is -2.35. The molecule has 2 aromatic rings. The summed E-state index contributed by atoms with van der Waals surface area (Å²) in [6.07, 6.45) is 3.95. The van der Waals surface area contributed by atoms with Crippen LogP contribution in [-0.4, -0.2) is 72.9 Å². The molecule has 1 aromatic carbocycles. The summed E-state index contributed by atoms with van der Waals surface area (Å²) < 4.78 is 26.6. The molecule has 1 fully saturated rings. The average Bonchev–Trinajstić information content (AvgIpc) is 2.77. The van der Waals surface area contributed by atoms with E-state index in [1.807, 2.05) is 6.07 Å². The van der Waals surface area contributed by atoms with Crippen molar-refractivity contribution in [3.05, 3.63) is 42.2 Å². The second kappa shape index (κ2) is 8.25. The first-order chi connectivity index (χ1) is 14.5. The summed E-state index contributed by atoms with van der Waals surface area (Å²) in [5, 5.41) is 11.6. The fraction of sp³-hybridized carbons (Fsp3) is 0.368. The fourth-order valence-corrected chi connectivity index (χ4v) is 5.14. The van der Waals surface area contributed by atoms with Crippen LogP contribution in [0.25, 0.3) is 0 Å². The van der Waals surface area contributed by atoms with Crippen LogP contribution in [0.15, 0.2) is 41.6 Å². The van der Waals surface area contributed by atoms with Gasteiger partial charge in [-0.3, -0.25) is 4.90 Å². The number of rotatable bonds is 5. The summed E-state index contributed by atoms with van der Waals surface area (Å²) >= 11 is 0. The van der Waals surface area contributed by atoms with Crippen molar-refractivity contribution in [2.45, 2.75) is 11.3 Å². The van der Waals surface area contributed by atoms with E-state index in [4.69, 9.17) is 5.26 Å². The van der Waals surface area contributed by atoms with Crippen molar-refractivity contribution < 1.29 is 13.2 Å². The van der Waals surface area contributed by atoms with Gasteiger partial charge in [-0.1, -0.05) is 0 Å². The normalized spacial score (nSPS) is 18.4. The molecule has 10 nitrogen and oxygen atoms in total. The number of amides is 2. The molecule has 156 valence electrons. The highest BCUT2D eigenvalue weighted by molar-refractivity contribution is 7.90.